The van der Waals surface area contributed by atoms with Crippen LogP contribution in [0.5, 0.6) is 5.88 Å². The van der Waals surface area contributed by atoms with Gasteiger partial charge in [-0.2, -0.15) is 4.98 Å². The molecule has 0 radical (unpaired) electrons. The first-order valence-corrected chi connectivity index (χ1v) is 7.50. The maximum absolute atomic E-state index is 5.37. The molecule has 1 saturated heterocycles. The molecular formula is C15H23N3O. The lowest BCUT2D eigenvalue weighted by Gasteiger charge is -2.22. The fourth-order valence-corrected chi connectivity index (χ4v) is 3.25. The van der Waals surface area contributed by atoms with Crippen LogP contribution in [0.4, 0.5) is 0 Å². The summed E-state index contributed by atoms with van der Waals surface area (Å²) in [6.45, 7) is 2.12. The van der Waals surface area contributed by atoms with Crippen molar-refractivity contribution < 1.29 is 4.74 Å². The smallest absolute Gasteiger partial charge is 0.216 e. The van der Waals surface area contributed by atoms with E-state index < -0.39 is 0 Å². The standard InChI is InChI=1S/C15H23N3O/c1-19-14-9-13(11-5-2-3-6-11)17-15(18-14)12-7-4-8-16-10-12/h9,11-12,16H,2-8,10H2,1H3. The van der Waals surface area contributed by atoms with Crippen LogP contribution in [-0.4, -0.2) is 30.2 Å². The Morgan fingerprint density at radius 2 is 1.89 bits per heavy atom. The van der Waals surface area contributed by atoms with Gasteiger partial charge in [0.15, 0.2) is 0 Å². The van der Waals surface area contributed by atoms with Crippen molar-refractivity contribution in [2.75, 3.05) is 20.2 Å². The number of hydrogen-bond donors (Lipinski definition) is 1. The number of nitrogens with one attached hydrogen (secondary N) is 1. The fraction of sp³-hybridized carbons (Fsp3) is 0.733. The van der Waals surface area contributed by atoms with Gasteiger partial charge < -0.3 is 10.1 Å². The molecule has 0 bridgehead atoms. The summed E-state index contributed by atoms with van der Waals surface area (Å²) in [6.07, 6.45) is 7.59. The minimum atomic E-state index is 0.448. The Balaban J connectivity index is 1.87. The van der Waals surface area contributed by atoms with Gasteiger partial charge in [0.25, 0.3) is 0 Å². The van der Waals surface area contributed by atoms with Crippen LogP contribution in [0.1, 0.15) is 61.9 Å². The van der Waals surface area contributed by atoms with E-state index in [4.69, 9.17) is 9.72 Å². The van der Waals surface area contributed by atoms with Gasteiger partial charge in [0, 0.05) is 24.4 Å². The first-order chi connectivity index (χ1) is 9.36. The molecule has 1 unspecified atom stereocenters. The Kier molecular flexibility index (Phi) is 3.97. The molecule has 2 aliphatic rings. The molecule has 0 aromatic carbocycles. The SMILES string of the molecule is COc1cc(C2CCCC2)nc(C2CCCNC2)n1. The fourth-order valence-electron chi connectivity index (χ4n) is 3.25. The zero-order valence-corrected chi connectivity index (χ0v) is 11.7. The molecule has 0 amide bonds. The minimum absolute atomic E-state index is 0.448. The number of methoxy groups -OCH3 is 1. The van der Waals surface area contributed by atoms with Gasteiger partial charge in [0.1, 0.15) is 5.82 Å². The van der Waals surface area contributed by atoms with Crippen molar-refractivity contribution in [3.8, 4) is 5.88 Å². The molecule has 4 heteroatoms. The third kappa shape index (κ3) is 2.89. The Morgan fingerprint density at radius 1 is 1.11 bits per heavy atom. The molecule has 4 nitrogen and oxygen atoms in total. The summed E-state index contributed by atoms with van der Waals surface area (Å²) in [5, 5.41) is 3.44. The van der Waals surface area contributed by atoms with Crippen molar-refractivity contribution in [1.29, 1.82) is 0 Å². The lowest BCUT2D eigenvalue weighted by molar-refractivity contribution is 0.383. The van der Waals surface area contributed by atoms with E-state index in [1.807, 2.05) is 6.07 Å². The molecule has 0 spiro atoms. The van der Waals surface area contributed by atoms with E-state index in [-0.39, 0.29) is 0 Å². The highest BCUT2D eigenvalue weighted by Gasteiger charge is 2.23. The van der Waals surface area contributed by atoms with E-state index in [1.165, 1.54) is 44.2 Å². The van der Waals surface area contributed by atoms with Gasteiger partial charge in [-0.15, -0.1) is 0 Å². The number of piperidine rings is 1. The normalized spacial score (nSPS) is 24.6. The molecule has 1 aliphatic carbocycles. The quantitative estimate of drug-likeness (QED) is 0.908. The number of hydrogen-bond acceptors (Lipinski definition) is 4. The molecule has 1 aliphatic heterocycles. The molecule has 19 heavy (non-hydrogen) atoms. The van der Waals surface area contributed by atoms with Crippen LogP contribution in [0.15, 0.2) is 6.07 Å². The molecule has 2 fully saturated rings. The second kappa shape index (κ2) is 5.87. The van der Waals surface area contributed by atoms with E-state index in [1.54, 1.807) is 7.11 Å². The monoisotopic (exact) mass is 261 g/mol. The second-order valence-electron chi connectivity index (χ2n) is 5.72. The van der Waals surface area contributed by atoms with E-state index >= 15 is 0 Å². The lowest BCUT2D eigenvalue weighted by Crippen LogP contribution is -2.29. The van der Waals surface area contributed by atoms with Crippen molar-refractivity contribution >= 4 is 0 Å². The molecule has 1 atom stereocenters. The molecule has 104 valence electrons. The third-order valence-corrected chi connectivity index (χ3v) is 4.38. The summed E-state index contributed by atoms with van der Waals surface area (Å²) in [5.41, 5.74) is 1.20. The summed E-state index contributed by atoms with van der Waals surface area (Å²) in [6, 6.07) is 2.04. The molecular weight excluding hydrogens is 238 g/mol. The average molecular weight is 261 g/mol. The first kappa shape index (κ1) is 12.9. The van der Waals surface area contributed by atoms with Gasteiger partial charge >= 0.3 is 0 Å². The van der Waals surface area contributed by atoms with Crippen LogP contribution in [0.3, 0.4) is 0 Å². The molecule has 1 N–H and O–H groups in total. The van der Waals surface area contributed by atoms with Gasteiger partial charge in [-0.1, -0.05) is 12.8 Å². The number of nitrogens with zero attached hydrogens (tertiary/aromatic N) is 2. The lowest BCUT2D eigenvalue weighted by atomic mass is 9.97. The number of aromatic nitrogens is 2. The molecule has 1 aromatic heterocycles. The molecule has 2 heterocycles. The van der Waals surface area contributed by atoms with Crippen LogP contribution < -0.4 is 10.1 Å². The third-order valence-electron chi connectivity index (χ3n) is 4.38. The highest BCUT2D eigenvalue weighted by atomic mass is 16.5. The van der Waals surface area contributed by atoms with Crippen LogP contribution in [0.2, 0.25) is 0 Å². The van der Waals surface area contributed by atoms with E-state index in [9.17, 15) is 0 Å². The van der Waals surface area contributed by atoms with Gasteiger partial charge in [0.05, 0.1) is 12.8 Å². The topological polar surface area (TPSA) is 47.0 Å². The van der Waals surface area contributed by atoms with Crippen LogP contribution in [-0.2, 0) is 0 Å². The predicted molar refractivity (Wildman–Crippen MR) is 74.6 cm³/mol. The van der Waals surface area contributed by atoms with Gasteiger partial charge in [0.2, 0.25) is 5.88 Å². The van der Waals surface area contributed by atoms with Crippen molar-refractivity contribution in [2.45, 2.75) is 50.4 Å². The first-order valence-electron chi connectivity index (χ1n) is 7.50. The van der Waals surface area contributed by atoms with Crippen molar-refractivity contribution in [1.82, 2.24) is 15.3 Å². The van der Waals surface area contributed by atoms with Gasteiger partial charge in [-0.3, -0.25) is 0 Å². The van der Waals surface area contributed by atoms with Gasteiger partial charge in [-0.25, -0.2) is 4.98 Å². The van der Waals surface area contributed by atoms with Crippen molar-refractivity contribution in [3.63, 3.8) is 0 Å². The van der Waals surface area contributed by atoms with Crippen LogP contribution in [0.25, 0.3) is 0 Å². The maximum atomic E-state index is 5.37. The highest BCUT2D eigenvalue weighted by Crippen LogP contribution is 2.35. The minimum Gasteiger partial charge on any atom is -0.481 e. The molecule has 1 aromatic rings. The zero-order chi connectivity index (χ0) is 13.1. The summed E-state index contributed by atoms with van der Waals surface area (Å²) < 4.78 is 5.37. The summed E-state index contributed by atoms with van der Waals surface area (Å²) in [7, 11) is 1.70. The maximum Gasteiger partial charge on any atom is 0.216 e. The number of ether oxygens (including phenoxy) is 1. The molecule has 3 rings (SSSR count). The van der Waals surface area contributed by atoms with Crippen molar-refractivity contribution in [3.05, 3.63) is 17.6 Å². The Bertz CT molecular complexity index is 423. The summed E-state index contributed by atoms with van der Waals surface area (Å²) >= 11 is 0. The van der Waals surface area contributed by atoms with Gasteiger partial charge in [-0.05, 0) is 32.2 Å². The highest BCUT2D eigenvalue weighted by molar-refractivity contribution is 5.22. The summed E-state index contributed by atoms with van der Waals surface area (Å²) in [4.78, 5) is 9.43. The Labute approximate surface area is 115 Å². The second-order valence-corrected chi connectivity index (χ2v) is 5.72. The zero-order valence-electron chi connectivity index (χ0n) is 11.7. The Morgan fingerprint density at radius 3 is 2.58 bits per heavy atom. The number of rotatable bonds is 3. The summed E-state index contributed by atoms with van der Waals surface area (Å²) in [5.74, 6) is 2.78. The van der Waals surface area contributed by atoms with Crippen LogP contribution >= 0.6 is 0 Å². The van der Waals surface area contributed by atoms with E-state index in [0.29, 0.717) is 11.8 Å². The van der Waals surface area contributed by atoms with E-state index in [2.05, 4.69) is 10.3 Å². The molecule has 1 saturated carbocycles. The largest absolute Gasteiger partial charge is 0.481 e. The van der Waals surface area contributed by atoms with Crippen molar-refractivity contribution in [2.24, 2.45) is 0 Å². The van der Waals surface area contributed by atoms with E-state index in [0.717, 1.165) is 24.8 Å². The Hall–Kier alpha value is -1.16. The predicted octanol–water partition coefficient (Wildman–Crippen LogP) is 2.61. The van der Waals surface area contributed by atoms with Crippen LogP contribution in [0, 0.1) is 0 Å². The average Bonchev–Trinajstić information content (AvgIpc) is 3.02.